The lowest BCUT2D eigenvalue weighted by molar-refractivity contribution is 0.0950. The molecule has 0 fully saturated rings. The van der Waals surface area contributed by atoms with Gasteiger partial charge in [0.1, 0.15) is 17.3 Å². The van der Waals surface area contributed by atoms with Crippen molar-refractivity contribution in [3.63, 3.8) is 0 Å². The highest BCUT2D eigenvalue weighted by Gasteiger charge is 2.23. The maximum atomic E-state index is 12.7. The standard InChI is InChI=1S/C22H27N3O3S/c1-13-17-14(2)24-21(22(3,4)5)25-20(17)29-18(13)19(26)23-11-12-28-16-10-8-7-9-15(16)27-6/h7-10H,11-12H2,1-6H3,(H,23,26). The quantitative estimate of drug-likeness (QED) is 0.606. The van der Waals surface area contributed by atoms with Gasteiger partial charge in [0.15, 0.2) is 11.5 Å². The minimum Gasteiger partial charge on any atom is -0.493 e. The Morgan fingerprint density at radius 2 is 1.83 bits per heavy atom. The third-order valence-electron chi connectivity index (χ3n) is 4.56. The average Bonchev–Trinajstić information content (AvgIpc) is 3.02. The van der Waals surface area contributed by atoms with Gasteiger partial charge in [0.25, 0.3) is 5.91 Å². The topological polar surface area (TPSA) is 73.3 Å². The van der Waals surface area contributed by atoms with Crippen LogP contribution in [-0.2, 0) is 5.41 Å². The summed E-state index contributed by atoms with van der Waals surface area (Å²) in [5.41, 5.74) is 1.69. The normalized spacial score (nSPS) is 11.5. The first-order valence-corrected chi connectivity index (χ1v) is 10.4. The van der Waals surface area contributed by atoms with E-state index in [4.69, 9.17) is 14.5 Å². The van der Waals surface area contributed by atoms with Crippen molar-refractivity contribution in [2.24, 2.45) is 0 Å². The second kappa shape index (κ2) is 8.37. The molecule has 0 atom stereocenters. The number of benzene rings is 1. The zero-order valence-electron chi connectivity index (χ0n) is 17.8. The van der Waals surface area contributed by atoms with Gasteiger partial charge in [0.05, 0.1) is 24.2 Å². The molecule has 1 N–H and O–H groups in total. The van der Waals surface area contributed by atoms with Gasteiger partial charge in [0, 0.05) is 10.8 Å². The summed E-state index contributed by atoms with van der Waals surface area (Å²) in [6.45, 7) is 10.9. The van der Waals surface area contributed by atoms with Crippen LogP contribution >= 0.6 is 11.3 Å². The van der Waals surface area contributed by atoms with E-state index in [0.717, 1.165) is 27.3 Å². The van der Waals surface area contributed by atoms with Crippen molar-refractivity contribution < 1.29 is 14.3 Å². The van der Waals surface area contributed by atoms with E-state index in [1.54, 1.807) is 7.11 Å². The smallest absolute Gasteiger partial charge is 0.261 e. The van der Waals surface area contributed by atoms with E-state index in [1.165, 1.54) is 11.3 Å². The first-order valence-electron chi connectivity index (χ1n) is 9.54. The van der Waals surface area contributed by atoms with Gasteiger partial charge in [-0.2, -0.15) is 0 Å². The first kappa shape index (κ1) is 21.0. The van der Waals surface area contributed by atoms with Crippen molar-refractivity contribution in [2.75, 3.05) is 20.3 Å². The highest BCUT2D eigenvalue weighted by molar-refractivity contribution is 7.20. The summed E-state index contributed by atoms with van der Waals surface area (Å²) in [5.74, 6) is 2.00. The number of carbonyl (C=O) groups excluding carboxylic acids is 1. The predicted octanol–water partition coefficient (Wildman–Crippen LogP) is 4.42. The molecule has 1 amide bonds. The number of hydrogen-bond donors (Lipinski definition) is 1. The molecule has 0 saturated carbocycles. The van der Waals surface area contributed by atoms with Crippen molar-refractivity contribution in [3.8, 4) is 11.5 Å². The van der Waals surface area contributed by atoms with E-state index in [9.17, 15) is 4.79 Å². The molecule has 2 aromatic heterocycles. The molecular weight excluding hydrogens is 386 g/mol. The van der Waals surface area contributed by atoms with E-state index in [1.807, 2.05) is 38.1 Å². The van der Waals surface area contributed by atoms with Gasteiger partial charge in [-0.15, -0.1) is 11.3 Å². The molecular formula is C22H27N3O3S. The Hall–Kier alpha value is -2.67. The second-order valence-electron chi connectivity index (χ2n) is 7.87. The van der Waals surface area contributed by atoms with Gasteiger partial charge in [-0.3, -0.25) is 4.79 Å². The number of rotatable bonds is 6. The van der Waals surface area contributed by atoms with Crippen LogP contribution in [0.5, 0.6) is 11.5 Å². The summed E-state index contributed by atoms with van der Waals surface area (Å²) < 4.78 is 11.0. The fourth-order valence-corrected chi connectivity index (χ4v) is 4.18. The number of carbonyl (C=O) groups is 1. The number of aryl methyl sites for hydroxylation is 2. The lowest BCUT2D eigenvalue weighted by Gasteiger charge is -2.16. The molecule has 154 valence electrons. The van der Waals surface area contributed by atoms with Crippen LogP contribution in [0.15, 0.2) is 24.3 Å². The molecule has 1 aromatic carbocycles. The van der Waals surface area contributed by atoms with Crippen molar-refractivity contribution in [3.05, 3.63) is 46.2 Å². The van der Waals surface area contributed by atoms with E-state index in [0.29, 0.717) is 29.5 Å². The highest BCUT2D eigenvalue weighted by Crippen LogP contribution is 2.33. The molecule has 6 nitrogen and oxygen atoms in total. The second-order valence-corrected chi connectivity index (χ2v) is 8.87. The molecule has 2 heterocycles. The van der Waals surface area contributed by atoms with Gasteiger partial charge in [-0.05, 0) is 31.5 Å². The lowest BCUT2D eigenvalue weighted by Crippen LogP contribution is -2.27. The third kappa shape index (κ3) is 4.50. The molecule has 0 aliphatic heterocycles. The summed E-state index contributed by atoms with van der Waals surface area (Å²) in [6.07, 6.45) is 0. The van der Waals surface area contributed by atoms with Gasteiger partial charge >= 0.3 is 0 Å². The van der Waals surface area contributed by atoms with Crippen LogP contribution in [0.2, 0.25) is 0 Å². The van der Waals surface area contributed by atoms with Gasteiger partial charge in [-0.25, -0.2) is 9.97 Å². The minimum atomic E-state index is -0.144. The van der Waals surface area contributed by atoms with Crippen LogP contribution < -0.4 is 14.8 Å². The van der Waals surface area contributed by atoms with E-state index >= 15 is 0 Å². The zero-order chi connectivity index (χ0) is 21.2. The van der Waals surface area contributed by atoms with Gasteiger partial charge in [0.2, 0.25) is 0 Å². The molecule has 7 heteroatoms. The zero-order valence-corrected chi connectivity index (χ0v) is 18.6. The average molecular weight is 414 g/mol. The predicted molar refractivity (Wildman–Crippen MR) is 116 cm³/mol. The Kier molecular flexibility index (Phi) is 6.07. The fraction of sp³-hybridized carbons (Fsp3) is 0.409. The summed E-state index contributed by atoms with van der Waals surface area (Å²) in [6, 6.07) is 7.44. The van der Waals surface area contributed by atoms with Crippen molar-refractivity contribution in [1.82, 2.24) is 15.3 Å². The Morgan fingerprint density at radius 1 is 1.14 bits per heavy atom. The van der Waals surface area contributed by atoms with Crippen LogP contribution in [0, 0.1) is 13.8 Å². The van der Waals surface area contributed by atoms with Crippen molar-refractivity contribution in [1.29, 1.82) is 0 Å². The number of nitrogens with one attached hydrogen (secondary N) is 1. The van der Waals surface area contributed by atoms with E-state index in [-0.39, 0.29) is 11.3 Å². The molecule has 0 spiro atoms. The lowest BCUT2D eigenvalue weighted by atomic mass is 9.95. The number of aromatic nitrogens is 2. The van der Waals surface area contributed by atoms with Crippen LogP contribution in [0.1, 0.15) is 47.5 Å². The fourth-order valence-electron chi connectivity index (χ4n) is 3.03. The summed E-state index contributed by atoms with van der Waals surface area (Å²) in [4.78, 5) is 23.6. The van der Waals surface area contributed by atoms with Crippen LogP contribution in [-0.4, -0.2) is 36.1 Å². The Balaban J connectivity index is 1.71. The Labute approximate surface area is 175 Å². The molecule has 0 aliphatic rings. The van der Waals surface area contributed by atoms with Crippen LogP contribution in [0.4, 0.5) is 0 Å². The molecule has 0 aliphatic carbocycles. The molecule has 3 rings (SSSR count). The summed E-state index contributed by atoms with van der Waals surface area (Å²) in [5, 5.41) is 3.90. The molecule has 0 bridgehead atoms. The molecule has 3 aromatic rings. The van der Waals surface area contributed by atoms with Gasteiger partial charge < -0.3 is 14.8 Å². The van der Waals surface area contributed by atoms with Crippen molar-refractivity contribution >= 4 is 27.5 Å². The SMILES string of the molecule is COc1ccccc1OCCNC(=O)c1sc2nc(C(C)(C)C)nc(C)c2c1C. The number of amides is 1. The Bertz CT molecular complexity index is 1040. The molecule has 0 saturated heterocycles. The number of para-hydroxylation sites is 2. The minimum absolute atomic E-state index is 0.120. The first-order chi connectivity index (χ1) is 13.7. The maximum Gasteiger partial charge on any atom is 0.261 e. The monoisotopic (exact) mass is 413 g/mol. The Morgan fingerprint density at radius 3 is 2.48 bits per heavy atom. The molecule has 0 radical (unpaired) electrons. The van der Waals surface area contributed by atoms with Crippen molar-refractivity contribution in [2.45, 2.75) is 40.0 Å². The number of thiophene rings is 1. The van der Waals surface area contributed by atoms with Crippen LogP contribution in [0.25, 0.3) is 10.2 Å². The van der Waals surface area contributed by atoms with E-state index < -0.39 is 0 Å². The molecule has 0 unspecified atom stereocenters. The third-order valence-corrected chi connectivity index (χ3v) is 5.75. The number of methoxy groups -OCH3 is 1. The summed E-state index contributed by atoms with van der Waals surface area (Å²) in [7, 11) is 1.60. The number of fused-ring (bicyclic) bond motifs is 1. The highest BCUT2D eigenvalue weighted by atomic mass is 32.1. The summed E-state index contributed by atoms with van der Waals surface area (Å²) >= 11 is 1.41. The molecule has 29 heavy (non-hydrogen) atoms. The number of nitrogens with zero attached hydrogens (tertiary/aromatic N) is 2. The number of hydrogen-bond acceptors (Lipinski definition) is 6. The maximum absolute atomic E-state index is 12.7. The van der Waals surface area contributed by atoms with Gasteiger partial charge in [-0.1, -0.05) is 32.9 Å². The largest absolute Gasteiger partial charge is 0.493 e. The number of ether oxygens (including phenoxy) is 2. The van der Waals surface area contributed by atoms with Crippen LogP contribution in [0.3, 0.4) is 0 Å². The van der Waals surface area contributed by atoms with E-state index in [2.05, 4.69) is 31.1 Å².